The van der Waals surface area contributed by atoms with Crippen LogP contribution in [0.1, 0.15) is 24.0 Å². The topological polar surface area (TPSA) is 78.0 Å². The van der Waals surface area contributed by atoms with Crippen LogP contribution in [-0.2, 0) is 32.5 Å². The normalized spacial score (nSPS) is 19.2. The molecule has 2 heterocycles. The van der Waals surface area contributed by atoms with E-state index >= 15 is 0 Å². The van der Waals surface area contributed by atoms with Crippen molar-refractivity contribution in [1.82, 2.24) is 9.21 Å². The van der Waals surface area contributed by atoms with Gasteiger partial charge in [-0.25, -0.2) is 8.42 Å². The number of anilines is 1. The third-order valence-corrected chi connectivity index (χ3v) is 9.59. The first-order chi connectivity index (χ1) is 15.9. The summed E-state index contributed by atoms with van der Waals surface area (Å²) >= 11 is 1.48. The lowest BCUT2D eigenvalue weighted by atomic mass is 9.92. The van der Waals surface area contributed by atoms with Crippen molar-refractivity contribution >= 4 is 39.3 Å². The van der Waals surface area contributed by atoms with Crippen LogP contribution in [0.5, 0.6) is 0 Å². The molecule has 0 aromatic heterocycles. The van der Waals surface area contributed by atoms with Crippen LogP contribution >= 0.6 is 11.8 Å². The van der Waals surface area contributed by atoms with Crippen LogP contribution in [0.4, 0.5) is 5.69 Å². The van der Waals surface area contributed by atoms with Gasteiger partial charge in [-0.05, 0) is 61.1 Å². The van der Waals surface area contributed by atoms with Crippen LogP contribution in [0.3, 0.4) is 0 Å². The van der Waals surface area contributed by atoms with Crippen molar-refractivity contribution in [3.8, 4) is 0 Å². The van der Waals surface area contributed by atoms with Crippen LogP contribution in [-0.4, -0.2) is 67.9 Å². The molecule has 0 saturated carbocycles. The predicted molar refractivity (Wildman–Crippen MR) is 128 cm³/mol. The third-order valence-electron chi connectivity index (χ3n) is 6.65. The van der Waals surface area contributed by atoms with Crippen molar-refractivity contribution in [2.75, 3.05) is 43.4 Å². The van der Waals surface area contributed by atoms with E-state index in [1.807, 2.05) is 36.4 Å². The lowest BCUT2D eigenvalue weighted by molar-refractivity contribution is -0.132. The Kier molecular flexibility index (Phi) is 6.20. The Morgan fingerprint density at radius 3 is 2.45 bits per heavy atom. The molecule has 1 fully saturated rings. The number of fused-ring (bicyclic) bond motifs is 2. The molecule has 0 N–H and O–H groups in total. The van der Waals surface area contributed by atoms with Gasteiger partial charge in [-0.1, -0.05) is 18.2 Å². The van der Waals surface area contributed by atoms with Gasteiger partial charge in [0.15, 0.2) is 0 Å². The molecule has 1 aliphatic carbocycles. The molecule has 0 unspecified atom stereocenters. The fourth-order valence-corrected chi connectivity index (χ4v) is 7.17. The SMILES string of the molecule is O=C(CN1C(=O)CSc2ccccc21)N1CCN(S(=O)(=O)c2ccc3c(c2)CCCC3)CC1. The number of amides is 2. The minimum atomic E-state index is -3.59. The smallest absolute Gasteiger partial charge is 0.243 e. The van der Waals surface area contributed by atoms with Crippen LogP contribution in [0.2, 0.25) is 0 Å². The Balaban J connectivity index is 1.24. The van der Waals surface area contributed by atoms with Gasteiger partial charge in [0.1, 0.15) is 6.54 Å². The standard InChI is InChI=1S/C24H27N3O4S2/c28-23(16-27-21-7-3-4-8-22(21)32-17-24(27)29)25-11-13-26(14-12-25)33(30,31)20-10-9-18-5-1-2-6-19(18)15-20/h3-4,7-10,15H,1-2,5-6,11-14,16-17H2. The van der Waals surface area contributed by atoms with Crippen molar-refractivity contribution in [2.45, 2.75) is 35.5 Å². The van der Waals surface area contributed by atoms with E-state index in [-0.39, 0.29) is 31.4 Å². The average molecular weight is 486 g/mol. The Bertz CT molecular complexity index is 1190. The number of benzene rings is 2. The zero-order valence-electron chi connectivity index (χ0n) is 18.4. The maximum atomic E-state index is 13.2. The molecule has 2 amide bonds. The molecule has 2 aromatic rings. The molecule has 0 spiro atoms. The molecule has 0 radical (unpaired) electrons. The van der Waals surface area contributed by atoms with E-state index in [0.29, 0.717) is 23.7 Å². The van der Waals surface area contributed by atoms with Gasteiger partial charge in [0.05, 0.1) is 16.3 Å². The van der Waals surface area contributed by atoms with Gasteiger partial charge in [-0.15, -0.1) is 11.8 Å². The first-order valence-corrected chi connectivity index (χ1v) is 13.8. The van der Waals surface area contributed by atoms with E-state index in [1.165, 1.54) is 21.6 Å². The number of hydrogen-bond donors (Lipinski definition) is 0. The fraction of sp³-hybridized carbons (Fsp3) is 0.417. The van der Waals surface area contributed by atoms with Crippen molar-refractivity contribution in [3.63, 3.8) is 0 Å². The number of nitrogens with zero attached hydrogens (tertiary/aromatic N) is 3. The van der Waals surface area contributed by atoms with Gasteiger partial charge in [0.2, 0.25) is 21.8 Å². The second-order valence-electron chi connectivity index (χ2n) is 8.66. The Hall–Kier alpha value is -2.36. The maximum Gasteiger partial charge on any atom is 0.243 e. The Morgan fingerprint density at radius 2 is 1.67 bits per heavy atom. The summed E-state index contributed by atoms with van der Waals surface area (Å²) < 4.78 is 27.9. The molecule has 5 rings (SSSR count). The summed E-state index contributed by atoms with van der Waals surface area (Å²) in [5.74, 6) is 0.0773. The number of aryl methyl sites for hydroxylation is 2. The highest BCUT2D eigenvalue weighted by molar-refractivity contribution is 8.00. The number of sulfonamides is 1. The summed E-state index contributed by atoms with van der Waals surface area (Å²) in [6.45, 7) is 1.13. The Morgan fingerprint density at radius 1 is 0.939 bits per heavy atom. The average Bonchev–Trinajstić information content (AvgIpc) is 2.85. The lowest BCUT2D eigenvalue weighted by Gasteiger charge is -2.36. The molecule has 3 aliphatic rings. The third kappa shape index (κ3) is 4.41. The number of carbonyl (C=O) groups is 2. The van der Waals surface area contributed by atoms with Gasteiger partial charge in [0, 0.05) is 31.1 Å². The van der Waals surface area contributed by atoms with Crippen molar-refractivity contribution < 1.29 is 18.0 Å². The number of hydrogen-bond acceptors (Lipinski definition) is 5. The summed E-state index contributed by atoms with van der Waals surface area (Å²) in [7, 11) is -3.59. The number of rotatable bonds is 4. The highest BCUT2D eigenvalue weighted by Crippen LogP contribution is 2.35. The van der Waals surface area contributed by atoms with E-state index < -0.39 is 10.0 Å². The van der Waals surface area contributed by atoms with E-state index in [4.69, 9.17) is 0 Å². The lowest BCUT2D eigenvalue weighted by Crippen LogP contribution is -2.53. The predicted octanol–water partition coefficient (Wildman–Crippen LogP) is 2.54. The molecular formula is C24H27N3O4S2. The number of piperazine rings is 1. The van der Waals surface area contributed by atoms with Crippen molar-refractivity contribution in [2.24, 2.45) is 0 Å². The van der Waals surface area contributed by atoms with Crippen LogP contribution < -0.4 is 4.90 Å². The van der Waals surface area contributed by atoms with Gasteiger partial charge >= 0.3 is 0 Å². The molecule has 33 heavy (non-hydrogen) atoms. The molecule has 7 nitrogen and oxygen atoms in total. The van der Waals surface area contributed by atoms with Crippen LogP contribution in [0.25, 0.3) is 0 Å². The molecular weight excluding hydrogens is 458 g/mol. The molecule has 2 aliphatic heterocycles. The quantitative estimate of drug-likeness (QED) is 0.665. The summed E-state index contributed by atoms with van der Waals surface area (Å²) in [4.78, 5) is 30.0. The van der Waals surface area contributed by atoms with E-state index in [9.17, 15) is 18.0 Å². The minimum absolute atomic E-state index is 0.0199. The molecule has 0 atom stereocenters. The number of thioether (sulfide) groups is 1. The zero-order valence-corrected chi connectivity index (χ0v) is 20.0. The summed E-state index contributed by atoms with van der Waals surface area (Å²) in [6, 6.07) is 13.1. The number of carbonyl (C=O) groups excluding carboxylic acids is 2. The van der Waals surface area contributed by atoms with E-state index in [0.717, 1.165) is 41.8 Å². The van der Waals surface area contributed by atoms with E-state index in [2.05, 4.69) is 0 Å². The van der Waals surface area contributed by atoms with Crippen LogP contribution in [0.15, 0.2) is 52.3 Å². The minimum Gasteiger partial charge on any atom is -0.338 e. The maximum absolute atomic E-state index is 13.2. The highest BCUT2D eigenvalue weighted by atomic mass is 32.2. The summed E-state index contributed by atoms with van der Waals surface area (Å²) in [6.07, 6.45) is 4.19. The van der Waals surface area contributed by atoms with E-state index in [1.54, 1.807) is 15.9 Å². The monoisotopic (exact) mass is 485 g/mol. The second kappa shape index (κ2) is 9.12. The van der Waals surface area contributed by atoms with Gasteiger partial charge in [-0.2, -0.15) is 4.31 Å². The first kappa shape index (κ1) is 22.4. The second-order valence-corrected chi connectivity index (χ2v) is 11.6. The first-order valence-electron chi connectivity index (χ1n) is 11.4. The van der Waals surface area contributed by atoms with Crippen molar-refractivity contribution in [1.29, 1.82) is 0 Å². The Labute approximate surface area is 198 Å². The van der Waals surface area contributed by atoms with Gasteiger partial charge < -0.3 is 9.80 Å². The largest absolute Gasteiger partial charge is 0.338 e. The summed E-state index contributed by atoms with van der Waals surface area (Å²) in [5.41, 5.74) is 3.16. The summed E-state index contributed by atoms with van der Waals surface area (Å²) in [5, 5.41) is 0. The fourth-order valence-electron chi connectivity index (χ4n) is 4.76. The molecule has 9 heteroatoms. The van der Waals surface area contributed by atoms with Gasteiger partial charge in [-0.3, -0.25) is 9.59 Å². The van der Waals surface area contributed by atoms with Crippen molar-refractivity contribution in [3.05, 3.63) is 53.6 Å². The molecule has 2 aromatic carbocycles. The van der Waals surface area contributed by atoms with Gasteiger partial charge in [0.25, 0.3) is 0 Å². The molecule has 0 bridgehead atoms. The van der Waals surface area contributed by atoms with Crippen LogP contribution in [0, 0.1) is 0 Å². The number of para-hydroxylation sites is 1. The highest BCUT2D eigenvalue weighted by Gasteiger charge is 2.33. The zero-order chi connectivity index (χ0) is 23.0. The molecule has 1 saturated heterocycles. The molecule has 174 valence electrons.